The van der Waals surface area contributed by atoms with E-state index in [4.69, 9.17) is 26.2 Å². The number of hydrogen-bond donors (Lipinski definition) is 1. The molecule has 0 saturated carbocycles. The van der Waals surface area contributed by atoms with Crippen molar-refractivity contribution in [3.8, 4) is 5.75 Å². The van der Waals surface area contributed by atoms with Crippen molar-refractivity contribution in [3.63, 3.8) is 0 Å². The van der Waals surface area contributed by atoms with Crippen LogP contribution >= 0.6 is 11.6 Å². The Balaban J connectivity index is 2.58. The zero-order valence-electron chi connectivity index (χ0n) is 10.1. The maximum atomic E-state index is 11.1. The second kappa shape index (κ2) is 6.94. The number of hydrogen-bond acceptors (Lipinski definition) is 4. The minimum absolute atomic E-state index is 0.0332. The second-order valence-corrected chi connectivity index (χ2v) is 5.50. The average molecular weight is 294 g/mol. The first-order chi connectivity index (χ1) is 8.45. The van der Waals surface area contributed by atoms with Crippen LogP contribution in [0.3, 0.4) is 0 Å². The lowest BCUT2D eigenvalue weighted by Crippen LogP contribution is -2.12. The van der Waals surface area contributed by atoms with E-state index in [1.54, 1.807) is 0 Å². The van der Waals surface area contributed by atoms with Gasteiger partial charge in [0.05, 0.1) is 16.5 Å². The second-order valence-electron chi connectivity index (χ2n) is 3.54. The minimum atomic E-state index is -3.73. The predicted octanol–water partition coefficient (Wildman–Crippen LogP) is 1.79. The molecule has 0 bridgehead atoms. The maximum absolute atomic E-state index is 11.1. The third kappa shape index (κ3) is 4.81. The van der Waals surface area contributed by atoms with Gasteiger partial charge in [0.2, 0.25) is 10.0 Å². The molecule has 0 fully saturated rings. The summed E-state index contributed by atoms with van der Waals surface area (Å²) < 4.78 is 32.7. The molecule has 0 aromatic heterocycles. The van der Waals surface area contributed by atoms with Gasteiger partial charge in [0.1, 0.15) is 5.75 Å². The van der Waals surface area contributed by atoms with Crippen molar-refractivity contribution >= 4 is 21.6 Å². The molecule has 0 heterocycles. The van der Waals surface area contributed by atoms with Crippen molar-refractivity contribution in [1.82, 2.24) is 0 Å². The number of sulfonamides is 1. The van der Waals surface area contributed by atoms with E-state index >= 15 is 0 Å². The fourth-order valence-corrected chi connectivity index (χ4v) is 2.10. The molecule has 7 heteroatoms. The number of ether oxygens (including phenoxy) is 2. The van der Waals surface area contributed by atoms with E-state index in [2.05, 4.69) is 0 Å². The smallest absolute Gasteiger partial charge is 0.238 e. The highest BCUT2D eigenvalue weighted by Gasteiger charge is 2.11. The van der Waals surface area contributed by atoms with Crippen LogP contribution in [0.4, 0.5) is 0 Å². The Labute approximate surface area is 112 Å². The summed E-state index contributed by atoms with van der Waals surface area (Å²) in [4.78, 5) is -0.0332. The van der Waals surface area contributed by atoms with Gasteiger partial charge in [-0.25, -0.2) is 13.6 Å². The number of halogens is 1. The molecule has 0 aliphatic rings. The Morgan fingerprint density at radius 2 is 2.06 bits per heavy atom. The summed E-state index contributed by atoms with van der Waals surface area (Å²) in [5.41, 5.74) is 0. The Hall–Kier alpha value is -0.820. The third-order valence-electron chi connectivity index (χ3n) is 2.13. The molecule has 2 N–H and O–H groups in total. The van der Waals surface area contributed by atoms with Gasteiger partial charge >= 0.3 is 0 Å². The zero-order valence-corrected chi connectivity index (χ0v) is 11.6. The molecule has 0 aliphatic heterocycles. The van der Waals surface area contributed by atoms with Gasteiger partial charge in [-0.05, 0) is 25.1 Å². The monoisotopic (exact) mass is 293 g/mol. The predicted molar refractivity (Wildman–Crippen MR) is 69.4 cm³/mol. The van der Waals surface area contributed by atoms with Crippen molar-refractivity contribution in [2.24, 2.45) is 5.14 Å². The molecule has 18 heavy (non-hydrogen) atoms. The molecule has 0 amide bonds. The molecule has 1 aromatic rings. The summed E-state index contributed by atoms with van der Waals surface area (Å²) in [5, 5.41) is 5.21. The van der Waals surface area contributed by atoms with E-state index in [9.17, 15) is 8.42 Å². The normalized spacial score (nSPS) is 11.5. The summed E-state index contributed by atoms with van der Waals surface area (Å²) in [6, 6.07) is 4.12. The van der Waals surface area contributed by atoms with E-state index in [0.29, 0.717) is 25.6 Å². The highest BCUT2D eigenvalue weighted by atomic mass is 35.5. The van der Waals surface area contributed by atoms with E-state index in [0.717, 1.165) is 6.42 Å². The lowest BCUT2D eigenvalue weighted by molar-refractivity contribution is 0.131. The maximum Gasteiger partial charge on any atom is 0.238 e. The largest absolute Gasteiger partial charge is 0.492 e. The van der Waals surface area contributed by atoms with Crippen LogP contribution in [0.2, 0.25) is 5.02 Å². The van der Waals surface area contributed by atoms with Gasteiger partial charge in [0, 0.05) is 19.6 Å². The lowest BCUT2D eigenvalue weighted by atomic mass is 10.3. The van der Waals surface area contributed by atoms with Gasteiger partial charge in [0.25, 0.3) is 0 Å². The van der Waals surface area contributed by atoms with Gasteiger partial charge in [-0.3, -0.25) is 0 Å². The van der Waals surface area contributed by atoms with Crippen LogP contribution in [-0.4, -0.2) is 28.2 Å². The first-order valence-electron chi connectivity index (χ1n) is 5.48. The van der Waals surface area contributed by atoms with Gasteiger partial charge in [-0.2, -0.15) is 0 Å². The molecule has 1 aromatic carbocycles. The van der Waals surface area contributed by atoms with Crippen LogP contribution in [-0.2, 0) is 14.8 Å². The molecule has 0 aliphatic carbocycles. The van der Waals surface area contributed by atoms with Crippen molar-refractivity contribution < 1.29 is 17.9 Å². The highest BCUT2D eigenvalue weighted by Crippen LogP contribution is 2.26. The van der Waals surface area contributed by atoms with Crippen LogP contribution < -0.4 is 9.88 Å². The molecule has 0 saturated heterocycles. The lowest BCUT2D eigenvalue weighted by Gasteiger charge is -2.09. The van der Waals surface area contributed by atoms with Crippen molar-refractivity contribution in [1.29, 1.82) is 0 Å². The van der Waals surface area contributed by atoms with Crippen molar-refractivity contribution in [2.45, 2.75) is 18.2 Å². The Bertz CT molecular complexity index is 490. The molecule has 102 valence electrons. The van der Waals surface area contributed by atoms with Gasteiger partial charge in [-0.1, -0.05) is 11.6 Å². The number of nitrogens with two attached hydrogens (primary N) is 1. The number of rotatable bonds is 7. The SMILES string of the molecule is CCOCCCOc1ccc(S(N)(=O)=O)cc1Cl. The van der Waals surface area contributed by atoms with E-state index < -0.39 is 10.0 Å². The minimum Gasteiger partial charge on any atom is -0.492 e. The fourth-order valence-electron chi connectivity index (χ4n) is 1.26. The Kier molecular flexibility index (Phi) is 5.87. The van der Waals surface area contributed by atoms with E-state index in [1.807, 2.05) is 6.92 Å². The zero-order chi connectivity index (χ0) is 13.6. The molecule has 0 atom stereocenters. The summed E-state index contributed by atoms with van der Waals surface area (Å²) in [7, 11) is -3.73. The Morgan fingerprint density at radius 1 is 1.33 bits per heavy atom. The molecule has 0 spiro atoms. The van der Waals surface area contributed by atoms with Crippen LogP contribution in [0.15, 0.2) is 23.1 Å². The summed E-state index contributed by atoms with van der Waals surface area (Å²) in [5.74, 6) is 0.431. The third-order valence-corrected chi connectivity index (χ3v) is 3.33. The molecule has 0 radical (unpaired) electrons. The van der Waals surface area contributed by atoms with Crippen LogP contribution in [0.25, 0.3) is 0 Å². The van der Waals surface area contributed by atoms with Crippen LogP contribution in [0, 0.1) is 0 Å². The highest BCUT2D eigenvalue weighted by molar-refractivity contribution is 7.89. The number of primary sulfonamides is 1. The van der Waals surface area contributed by atoms with Crippen LogP contribution in [0.1, 0.15) is 13.3 Å². The van der Waals surface area contributed by atoms with Crippen molar-refractivity contribution in [2.75, 3.05) is 19.8 Å². The first-order valence-corrected chi connectivity index (χ1v) is 7.40. The fraction of sp³-hybridized carbons (Fsp3) is 0.455. The standard InChI is InChI=1S/C11H16ClNO4S/c1-2-16-6-3-7-17-11-5-4-9(8-10(11)12)18(13,14)15/h4-5,8H,2-3,6-7H2,1H3,(H2,13,14,15). The molecular weight excluding hydrogens is 278 g/mol. The quantitative estimate of drug-likeness (QED) is 0.777. The summed E-state index contributed by atoms with van der Waals surface area (Å²) >= 11 is 5.90. The number of benzene rings is 1. The topological polar surface area (TPSA) is 78.6 Å². The molecule has 0 unspecified atom stereocenters. The van der Waals surface area contributed by atoms with Gasteiger partial charge < -0.3 is 9.47 Å². The first kappa shape index (κ1) is 15.2. The van der Waals surface area contributed by atoms with Crippen molar-refractivity contribution in [3.05, 3.63) is 23.2 Å². The molecular formula is C11H16ClNO4S. The van der Waals surface area contributed by atoms with E-state index in [1.165, 1.54) is 18.2 Å². The van der Waals surface area contributed by atoms with Gasteiger partial charge in [-0.15, -0.1) is 0 Å². The summed E-state index contributed by atoms with van der Waals surface area (Å²) in [6.07, 6.45) is 0.737. The van der Waals surface area contributed by atoms with E-state index in [-0.39, 0.29) is 9.92 Å². The molecule has 5 nitrogen and oxygen atoms in total. The summed E-state index contributed by atoms with van der Waals surface area (Å²) in [6.45, 7) is 3.66. The average Bonchev–Trinajstić information content (AvgIpc) is 2.29. The molecule has 1 rings (SSSR count). The van der Waals surface area contributed by atoms with Gasteiger partial charge in [0.15, 0.2) is 0 Å². The van der Waals surface area contributed by atoms with Crippen LogP contribution in [0.5, 0.6) is 5.75 Å². The Morgan fingerprint density at radius 3 is 2.61 bits per heavy atom.